The molecule has 1 atom stereocenters. The minimum absolute atomic E-state index is 0.0154. The molecule has 0 aliphatic heterocycles. The third kappa shape index (κ3) is 5.16. The van der Waals surface area contributed by atoms with Crippen LogP contribution in [0.1, 0.15) is 54.0 Å². The van der Waals surface area contributed by atoms with Crippen LogP contribution in [0, 0.1) is 11.6 Å². The molecule has 0 amide bonds. The van der Waals surface area contributed by atoms with Crippen molar-refractivity contribution in [3.63, 3.8) is 0 Å². The van der Waals surface area contributed by atoms with E-state index in [1.54, 1.807) is 6.08 Å². The molecule has 0 bridgehead atoms. The average Bonchev–Trinajstić information content (AvgIpc) is 2.69. The second kappa shape index (κ2) is 9.45. The SMILES string of the molecule is CCCc1cc(F)c(/C=C/c2ccc(CC(C)c3ccccc3)cc2)c(F)c1. The van der Waals surface area contributed by atoms with Gasteiger partial charge in [0.2, 0.25) is 0 Å². The Morgan fingerprint density at radius 3 is 2.07 bits per heavy atom. The lowest BCUT2D eigenvalue weighted by molar-refractivity contribution is 0.574. The van der Waals surface area contributed by atoms with Crippen LogP contribution in [-0.2, 0) is 12.8 Å². The lowest BCUT2D eigenvalue weighted by Gasteiger charge is -2.12. The molecule has 28 heavy (non-hydrogen) atoms. The van der Waals surface area contributed by atoms with E-state index in [-0.39, 0.29) is 5.56 Å². The molecule has 3 aromatic rings. The molecule has 0 aliphatic rings. The standard InChI is InChI=1S/C26H26F2/c1-3-7-22-17-25(27)24(26(28)18-22)15-14-20-10-12-21(13-11-20)16-19(2)23-8-5-4-6-9-23/h4-6,8-15,17-19H,3,7,16H2,1-2H3/b15-14+. The Labute approximate surface area is 166 Å². The van der Waals surface area contributed by atoms with Crippen LogP contribution >= 0.6 is 0 Å². The van der Waals surface area contributed by atoms with Gasteiger partial charge in [-0.2, -0.15) is 0 Å². The van der Waals surface area contributed by atoms with E-state index in [0.29, 0.717) is 17.9 Å². The van der Waals surface area contributed by atoms with Crippen molar-refractivity contribution in [2.75, 3.05) is 0 Å². The maximum atomic E-state index is 14.2. The zero-order valence-corrected chi connectivity index (χ0v) is 16.5. The Morgan fingerprint density at radius 1 is 0.821 bits per heavy atom. The molecule has 0 fully saturated rings. The van der Waals surface area contributed by atoms with Crippen LogP contribution in [-0.4, -0.2) is 0 Å². The van der Waals surface area contributed by atoms with Gasteiger partial charge in [-0.15, -0.1) is 0 Å². The fourth-order valence-corrected chi connectivity index (χ4v) is 3.43. The molecule has 2 heteroatoms. The highest BCUT2D eigenvalue weighted by Crippen LogP contribution is 2.22. The highest BCUT2D eigenvalue weighted by atomic mass is 19.1. The predicted molar refractivity (Wildman–Crippen MR) is 114 cm³/mol. The van der Waals surface area contributed by atoms with Crippen molar-refractivity contribution in [1.82, 2.24) is 0 Å². The minimum atomic E-state index is -0.506. The van der Waals surface area contributed by atoms with E-state index in [2.05, 4.69) is 43.3 Å². The summed E-state index contributed by atoms with van der Waals surface area (Å²) in [6.07, 6.45) is 5.77. The number of benzene rings is 3. The summed E-state index contributed by atoms with van der Waals surface area (Å²) >= 11 is 0. The molecule has 0 N–H and O–H groups in total. The van der Waals surface area contributed by atoms with Gasteiger partial charge in [0.1, 0.15) is 11.6 Å². The Bertz CT molecular complexity index is 901. The summed E-state index contributed by atoms with van der Waals surface area (Å²) in [6, 6.07) is 21.5. The van der Waals surface area contributed by atoms with E-state index in [4.69, 9.17) is 0 Å². The summed E-state index contributed by atoms with van der Waals surface area (Å²) in [6.45, 7) is 4.21. The van der Waals surface area contributed by atoms with Crippen molar-refractivity contribution in [3.8, 4) is 0 Å². The van der Waals surface area contributed by atoms with Gasteiger partial charge in [-0.3, -0.25) is 0 Å². The Hall–Kier alpha value is -2.74. The van der Waals surface area contributed by atoms with Gasteiger partial charge in [0.25, 0.3) is 0 Å². The molecule has 0 spiro atoms. The number of hydrogen-bond donors (Lipinski definition) is 0. The van der Waals surface area contributed by atoms with Crippen LogP contribution in [0.5, 0.6) is 0 Å². The van der Waals surface area contributed by atoms with Gasteiger partial charge in [-0.25, -0.2) is 8.78 Å². The number of hydrogen-bond acceptors (Lipinski definition) is 0. The Kier molecular flexibility index (Phi) is 6.76. The van der Waals surface area contributed by atoms with Crippen molar-refractivity contribution in [2.45, 2.75) is 39.0 Å². The van der Waals surface area contributed by atoms with E-state index >= 15 is 0 Å². The van der Waals surface area contributed by atoms with E-state index in [1.807, 2.05) is 25.1 Å². The maximum absolute atomic E-state index is 14.2. The topological polar surface area (TPSA) is 0 Å². The summed E-state index contributed by atoms with van der Waals surface area (Å²) in [5, 5.41) is 0. The molecule has 3 aromatic carbocycles. The van der Waals surface area contributed by atoms with Crippen LogP contribution in [0.3, 0.4) is 0 Å². The minimum Gasteiger partial charge on any atom is -0.206 e. The van der Waals surface area contributed by atoms with E-state index in [1.165, 1.54) is 29.3 Å². The summed E-state index contributed by atoms with van der Waals surface area (Å²) < 4.78 is 28.4. The van der Waals surface area contributed by atoms with E-state index in [0.717, 1.165) is 18.4 Å². The first-order chi connectivity index (χ1) is 13.6. The Balaban J connectivity index is 1.69. The second-order valence-corrected chi connectivity index (χ2v) is 7.31. The highest BCUT2D eigenvalue weighted by Gasteiger charge is 2.09. The van der Waals surface area contributed by atoms with Crippen LogP contribution in [0.25, 0.3) is 12.2 Å². The zero-order valence-electron chi connectivity index (χ0n) is 16.5. The summed E-state index contributed by atoms with van der Waals surface area (Å²) in [5.41, 5.74) is 4.21. The third-order valence-corrected chi connectivity index (χ3v) is 5.01. The molecule has 0 aliphatic carbocycles. The first-order valence-electron chi connectivity index (χ1n) is 9.86. The molecule has 0 aromatic heterocycles. The maximum Gasteiger partial charge on any atom is 0.133 e. The number of aryl methyl sites for hydroxylation is 1. The quantitative estimate of drug-likeness (QED) is 0.376. The van der Waals surface area contributed by atoms with Gasteiger partial charge >= 0.3 is 0 Å². The summed E-state index contributed by atoms with van der Waals surface area (Å²) in [4.78, 5) is 0. The fourth-order valence-electron chi connectivity index (χ4n) is 3.43. The van der Waals surface area contributed by atoms with Crippen molar-refractivity contribution in [2.24, 2.45) is 0 Å². The summed E-state index contributed by atoms with van der Waals surface area (Å²) in [7, 11) is 0. The van der Waals surface area contributed by atoms with Gasteiger partial charge in [-0.05, 0) is 59.2 Å². The van der Waals surface area contributed by atoms with Gasteiger partial charge < -0.3 is 0 Å². The molecule has 144 valence electrons. The predicted octanol–water partition coefficient (Wildman–Crippen LogP) is 7.43. The van der Waals surface area contributed by atoms with Crippen molar-refractivity contribution in [1.29, 1.82) is 0 Å². The number of halogens is 2. The molecule has 0 radical (unpaired) electrons. The second-order valence-electron chi connectivity index (χ2n) is 7.31. The lowest BCUT2D eigenvalue weighted by atomic mass is 9.93. The van der Waals surface area contributed by atoms with Crippen LogP contribution in [0.15, 0.2) is 66.7 Å². The molecule has 0 heterocycles. The van der Waals surface area contributed by atoms with Gasteiger partial charge in [-0.1, -0.05) is 80.9 Å². The molecular formula is C26H26F2. The van der Waals surface area contributed by atoms with Gasteiger partial charge in [0.15, 0.2) is 0 Å². The smallest absolute Gasteiger partial charge is 0.133 e. The average molecular weight is 376 g/mol. The highest BCUT2D eigenvalue weighted by molar-refractivity contribution is 5.70. The monoisotopic (exact) mass is 376 g/mol. The van der Waals surface area contributed by atoms with Crippen LogP contribution in [0.2, 0.25) is 0 Å². The van der Waals surface area contributed by atoms with Crippen LogP contribution in [0.4, 0.5) is 8.78 Å². The van der Waals surface area contributed by atoms with E-state index < -0.39 is 11.6 Å². The molecule has 0 saturated heterocycles. The fraction of sp³-hybridized carbons (Fsp3) is 0.231. The van der Waals surface area contributed by atoms with Crippen molar-refractivity contribution in [3.05, 3.63) is 106 Å². The Morgan fingerprint density at radius 2 is 1.46 bits per heavy atom. The summed E-state index contributed by atoms with van der Waals surface area (Å²) in [5.74, 6) is -0.576. The zero-order chi connectivity index (χ0) is 19.9. The normalized spacial score (nSPS) is 12.4. The first kappa shape index (κ1) is 20.0. The molecule has 3 rings (SSSR count). The molecular weight excluding hydrogens is 350 g/mol. The van der Waals surface area contributed by atoms with Crippen LogP contribution < -0.4 is 0 Å². The number of rotatable bonds is 7. The van der Waals surface area contributed by atoms with Crippen molar-refractivity contribution < 1.29 is 8.78 Å². The lowest BCUT2D eigenvalue weighted by Crippen LogP contribution is -1.98. The van der Waals surface area contributed by atoms with E-state index in [9.17, 15) is 8.78 Å². The van der Waals surface area contributed by atoms with Gasteiger partial charge in [0, 0.05) is 5.56 Å². The largest absolute Gasteiger partial charge is 0.206 e. The molecule has 0 nitrogen and oxygen atoms in total. The third-order valence-electron chi connectivity index (χ3n) is 5.01. The van der Waals surface area contributed by atoms with Gasteiger partial charge in [0.05, 0.1) is 0 Å². The van der Waals surface area contributed by atoms with Crippen molar-refractivity contribution >= 4 is 12.2 Å². The molecule has 0 saturated carbocycles. The molecule has 1 unspecified atom stereocenters. The first-order valence-corrected chi connectivity index (χ1v) is 9.86.